The van der Waals surface area contributed by atoms with Gasteiger partial charge in [0, 0.05) is 13.1 Å². The Hall–Kier alpha value is -2.68. The maximum atomic E-state index is 12.4. The molecule has 0 bridgehead atoms. The Labute approximate surface area is 166 Å². The number of aryl methyl sites for hydroxylation is 3. The highest BCUT2D eigenvalue weighted by Gasteiger charge is 2.30. The summed E-state index contributed by atoms with van der Waals surface area (Å²) in [4.78, 5) is 27.0. The molecule has 144 valence electrons. The van der Waals surface area contributed by atoms with Gasteiger partial charge in [0.15, 0.2) is 0 Å². The first-order chi connectivity index (χ1) is 13.5. The lowest BCUT2D eigenvalue weighted by Gasteiger charge is -2.35. The van der Waals surface area contributed by atoms with Crippen LogP contribution in [0.4, 0.5) is 5.69 Å². The van der Waals surface area contributed by atoms with Crippen molar-refractivity contribution in [3.8, 4) is 11.1 Å². The highest BCUT2D eigenvalue weighted by Crippen LogP contribution is 2.33. The van der Waals surface area contributed by atoms with Crippen molar-refractivity contribution >= 4 is 5.69 Å². The molecule has 3 aromatic carbocycles. The van der Waals surface area contributed by atoms with Crippen LogP contribution in [0.1, 0.15) is 35.1 Å². The molecule has 1 heterocycles. The van der Waals surface area contributed by atoms with E-state index in [-0.39, 0.29) is 10.9 Å². The molecule has 28 heavy (non-hydrogen) atoms. The van der Waals surface area contributed by atoms with Crippen molar-refractivity contribution in [2.45, 2.75) is 40.0 Å². The van der Waals surface area contributed by atoms with Crippen LogP contribution in [-0.4, -0.2) is 13.1 Å². The van der Waals surface area contributed by atoms with E-state index in [4.69, 9.17) is 0 Å². The predicted octanol–water partition coefficient (Wildman–Crippen LogP) is 4.33. The molecule has 1 aliphatic rings. The number of anilines is 1. The molecule has 4 rings (SSSR count). The average Bonchev–Trinajstić information content (AvgIpc) is 2.70. The van der Waals surface area contributed by atoms with E-state index < -0.39 is 0 Å². The van der Waals surface area contributed by atoms with Crippen LogP contribution in [0.15, 0.2) is 52.1 Å². The number of benzene rings is 2. The summed E-state index contributed by atoms with van der Waals surface area (Å²) in [7, 11) is 0. The summed E-state index contributed by atoms with van der Waals surface area (Å²) in [5.74, 6) is 0.636. The maximum Gasteiger partial charge on any atom is 0.250 e. The number of hydrogen-bond acceptors (Lipinski definition) is 3. The lowest BCUT2D eigenvalue weighted by molar-refractivity contribution is 0.403. The molecule has 3 nitrogen and oxygen atoms in total. The molecular weight excluding hydrogens is 346 g/mol. The van der Waals surface area contributed by atoms with Crippen LogP contribution >= 0.6 is 0 Å². The summed E-state index contributed by atoms with van der Waals surface area (Å²) in [5, 5.41) is 0. The van der Waals surface area contributed by atoms with Gasteiger partial charge in [-0.25, -0.2) is 0 Å². The van der Waals surface area contributed by atoms with Crippen molar-refractivity contribution in [1.29, 1.82) is 0 Å². The number of rotatable bonds is 4. The van der Waals surface area contributed by atoms with Crippen molar-refractivity contribution in [1.82, 2.24) is 0 Å². The third-order valence-corrected chi connectivity index (χ3v) is 6.29. The van der Waals surface area contributed by atoms with Gasteiger partial charge in [-0.15, -0.1) is 0 Å². The fourth-order valence-corrected chi connectivity index (χ4v) is 4.47. The summed E-state index contributed by atoms with van der Waals surface area (Å²) < 4.78 is 0. The molecule has 0 aromatic heterocycles. The van der Waals surface area contributed by atoms with Gasteiger partial charge in [0.05, 0.1) is 5.56 Å². The monoisotopic (exact) mass is 373 g/mol. The first kappa shape index (κ1) is 18.7. The van der Waals surface area contributed by atoms with Gasteiger partial charge in [0.1, 0.15) is 5.69 Å². The molecule has 0 unspecified atom stereocenters. The summed E-state index contributed by atoms with van der Waals surface area (Å²) in [6, 6.07) is 14.8. The SMILES string of the molecule is Cc1cc(C)c(-c2c(N3CCC(Cc4ccccc4)CC3)c(=O)c2=O)cc1C. The van der Waals surface area contributed by atoms with Gasteiger partial charge in [-0.1, -0.05) is 42.5 Å². The normalized spacial score (nSPS) is 15.3. The van der Waals surface area contributed by atoms with E-state index in [2.05, 4.69) is 55.1 Å². The van der Waals surface area contributed by atoms with Crippen molar-refractivity contribution in [2.24, 2.45) is 5.92 Å². The zero-order chi connectivity index (χ0) is 19.8. The zero-order valence-electron chi connectivity index (χ0n) is 16.9. The number of nitrogens with zero attached hydrogens (tertiary/aromatic N) is 1. The van der Waals surface area contributed by atoms with Gasteiger partial charge in [-0.05, 0) is 73.8 Å². The van der Waals surface area contributed by atoms with Crippen LogP contribution in [0, 0.1) is 26.7 Å². The largest absolute Gasteiger partial charge is 0.368 e. The summed E-state index contributed by atoms with van der Waals surface area (Å²) in [6.07, 6.45) is 3.20. The van der Waals surface area contributed by atoms with Crippen molar-refractivity contribution in [2.75, 3.05) is 18.0 Å². The van der Waals surface area contributed by atoms with E-state index in [1.54, 1.807) is 0 Å². The minimum Gasteiger partial charge on any atom is -0.368 e. The number of piperidine rings is 1. The third-order valence-electron chi connectivity index (χ3n) is 6.29. The molecule has 3 heteroatoms. The standard InChI is InChI=1S/C25H27NO2/c1-16-13-18(3)21(14-17(16)2)22-23(25(28)24(22)27)26-11-9-20(10-12-26)15-19-7-5-4-6-8-19/h4-8,13-14,20H,9-12,15H2,1-3H3. The number of hydrogen-bond donors (Lipinski definition) is 0. The Morgan fingerprint density at radius 1 is 0.857 bits per heavy atom. The van der Waals surface area contributed by atoms with Crippen LogP contribution in [0.25, 0.3) is 11.1 Å². The minimum atomic E-state index is -0.326. The van der Waals surface area contributed by atoms with Gasteiger partial charge in [-0.2, -0.15) is 0 Å². The Kier molecular flexibility index (Phi) is 4.92. The summed E-state index contributed by atoms with van der Waals surface area (Å²) in [5.41, 5.74) is 6.37. The molecule has 3 aromatic rings. The molecule has 0 amide bonds. The lowest BCUT2D eigenvalue weighted by Crippen LogP contribution is -2.45. The quantitative estimate of drug-likeness (QED) is 0.639. The molecule has 1 fully saturated rings. The first-order valence-corrected chi connectivity index (χ1v) is 10.2. The average molecular weight is 373 g/mol. The lowest BCUT2D eigenvalue weighted by atomic mass is 9.87. The second-order valence-corrected chi connectivity index (χ2v) is 8.25. The Balaban J connectivity index is 1.54. The molecule has 0 atom stereocenters. The van der Waals surface area contributed by atoms with Crippen molar-refractivity contribution in [3.05, 3.63) is 85.2 Å². The van der Waals surface area contributed by atoms with Crippen molar-refractivity contribution in [3.63, 3.8) is 0 Å². The summed E-state index contributed by atoms with van der Waals surface area (Å²) >= 11 is 0. The van der Waals surface area contributed by atoms with Gasteiger partial charge in [0.2, 0.25) is 10.9 Å². The Morgan fingerprint density at radius 2 is 1.50 bits per heavy atom. The smallest absolute Gasteiger partial charge is 0.250 e. The van der Waals surface area contributed by atoms with E-state index in [9.17, 15) is 9.59 Å². The Morgan fingerprint density at radius 3 is 2.18 bits per heavy atom. The minimum absolute atomic E-state index is 0.311. The second kappa shape index (κ2) is 7.38. The van der Waals surface area contributed by atoms with Crippen LogP contribution in [0.5, 0.6) is 0 Å². The van der Waals surface area contributed by atoms with Gasteiger partial charge in [0.25, 0.3) is 0 Å². The van der Waals surface area contributed by atoms with E-state index in [1.165, 1.54) is 11.1 Å². The highest BCUT2D eigenvalue weighted by molar-refractivity contribution is 5.84. The fraction of sp³-hybridized carbons (Fsp3) is 0.360. The Bertz CT molecular complexity index is 1070. The predicted molar refractivity (Wildman–Crippen MR) is 116 cm³/mol. The van der Waals surface area contributed by atoms with Crippen molar-refractivity contribution < 1.29 is 0 Å². The molecular formula is C25H27NO2. The van der Waals surface area contributed by atoms with Crippen LogP contribution < -0.4 is 15.8 Å². The molecule has 0 N–H and O–H groups in total. The molecule has 0 aliphatic carbocycles. The molecule has 0 spiro atoms. The zero-order valence-corrected chi connectivity index (χ0v) is 16.9. The van der Waals surface area contributed by atoms with Gasteiger partial charge >= 0.3 is 0 Å². The van der Waals surface area contributed by atoms with E-state index in [0.29, 0.717) is 17.2 Å². The van der Waals surface area contributed by atoms with Gasteiger partial charge < -0.3 is 4.90 Å². The highest BCUT2D eigenvalue weighted by atomic mass is 16.2. The third kappa shape index (κ3) is 3.30. The van der Waals surface area contributed by atoms with Crippen LogP contribution in [0.3, 0.4) is 0 Å². The van der Waals surface area contributed by atoms with Crippen LogP contribution in [0.2, 0.25) is 0 Å². The van der Waals surface area contributed by atoms with E-state index in [1.807, 2.05) is 13.0 Å². The molecule has 0 saturated carbocycles. The second-order valence-electron chi connectivity index (χ2n) is 8.25. The van der Waals surface area contributed by atoms with E-state index in [0.717, 1.165) is 49.0 Å². The molecule has 1 saturated heterocycles. The van der Waals surface area contributed by atoms with Crippen LogP contribution in [-0.2, 0) is 6.42 Å². The maximum absolute atomic E-state index is 12.4. The van der Waals surface area contributed by atoms with E-state index >= 15 is 0 Å². The topological polar surface area (TPSA) is 37.4 Å². The molecule has 1 aliphatic heterocycles. The summed E-state index contributed by atoms with van der Waals surface area (Å²) in [6.45, 7) is 7.85. The van der Waals surface area contributed by atoms with Gasteiger partial charge in [-0.3, -0.25) is 9.59 Å². The first-order valence-electron chi connectivity index (χ1n) is 10.2. The molecule has 0 radical (unpaired) electrons. The fourth-order valence-electron chi connectivity index (χ4n) is 4.47.